The zero-order valence-electron chi connectivity index (χ0n) is 10.9. The van der Waals surface area contributed by atoms with Gasteiger partial charge in [0.05, 0.1) is 12.5 Å². The van der Waals surface area contributed by atoms with E-state index in [4.69, 9.17) is 16.3 Å². The van der Waals surface area contributed by atoms with Gasteiger partial charge in [0.25, 0.3) is 0 Å². The predicted molar refractivity (Wildman–Crippen MR) is 84.2 cm³/mol. The van der Waals surface area contributed by atoms with Gasteiger partial charge in [0.15, 0.2) is 5.82 Å². The Kier molecular flexibility index (Phi) is 3.78. The van der Waals surface area contributed by atoms with Gasteiger partial charge in [-0.2, -0.15) is 0 Å². The molecule has 0 amide bonds. The number of halogens is 3. The summed E-state index contributed by atoms with van der Waals surface area (Å²) in [7, 11) is 1.56. The smallest absolute Gasteiger partial charge is 0.161 e. The van der Waals surface area contributed by atoms with E-state index in [2.05, 4.69) is 25.9 Å². The number of ether oxygens (including phenoxy) is 1. The number of benzene rings is 2. The lowest BCUT2D eigenvalue weighted by Crippen LogP contribution is -1.95. The Hall–Kier alpha value is -1.72. The van der Waals surface area contributed by atoms with Crippen molar-refractivity contribution in [1.82, 2.24) is 9.97 Å². The Labute approximate surface area is 133 Å². The van der Waals surface area contributed by atoms with Crippen molar-refractivity contribution in [2.24, 2.45) is 0 Å². The Morgan fingerprint density at radius 2 is 2.00 bits per heavy atom. The highest BCUT2D eigenvalue weighted by molar-refractivity contribution is 9.10. The summed E-state index contributed by atoms with van der Waals surface area (Å²) in [6, 6.07) is 9.66. The molecule has 0 aliphatic heterocycles. The van der Waals surface area contributed by atoms with Crippen LogP contribution in [0.1, 0.15) is 0 Å². The van der Waals surface area contributed by atoms with Crippen molar-refractivity contribution in [3.63, 3.8) is 0 Å². The fraction of sp³-hybridized carbons (Fsp3) is 0.0667. The van der Waals surface area contributed by atoms with Gasteiger partial charge in [0.1, 0.15) is 22.2 Å². The summed E-state index contributed by atoms with van der Waals surface area (Å²) in [5.41, 5.74) is 1.13. The van der Waals surface area contributed by atoms with Crippen LogP contribution in [-0.4, -0.2) is 17.1 Å². The van der Waals surface area contributed by atoms with Gasteiger partial charge >= 0.3 is 0 Å². The molecule has 0 bridgehead atoms. The summed E-state index contributed by atoms with van der Waals surface area (Å²) >= 11 is 9.68. The largest absolute Gasteiger partial charge is 0.494 e. The lowest BCUT2D eigenvalue weighted by molar-refractivity contribution is 0.419. The molecule has 106 valence electrons. The molecule has 3 rings (SSSR count). The number of hydrogen-bond donors (Lipinski definition) is 0. The standard InChI is InChI=1S/C15H9BrClFN2O/c1-21-11-6-5-10(16)12-13(11)19-15(20-14(12)17)8-3-2-4-9(18)7-8/h2-7H,1H3. The molecule has 2 aromatic carbocycles. The monoisotopic (exact) mass is 366 g/mol. The van der Waals surface area contributed by atoms with Crippen LogP contribution in [0.25, 0.3) is 22.3 Å². The fourth-order valence-electron chi connectivity index (χ4n) is 2.06. The zero-order valence-corrected chi connectivity index (χ0v) is 13.2. The van der Waals surface area contributed by atoms with E-state index < -0.39 is 0 Å². The third-order valence-corrected chi connectivity index (χ3v) is 3.96. The highest BCUT2D eigenvalue weighted by Crippen LogP contribution is 2.35. The molecule has 0 spiro atoms. The Morgan fingerprint density at radius 1 is 1.19 bits per heavy atom. The minimum absolute atomic E-state index is 0.282. The summed E-state index contributed by atoms with van der Waals surface area (Å²) < 4.78 is 19.4. The van der Waals surface area contributed by atoms with E-state index in [1.807, 2.05) is 6.07 Å². The van der Waals surface area contributed by atoms with Gasteiger partial charge in [-0.25, -0.2) is 14.4 Å². The van der Waals surface area contributed by atoms with Crippen LogP contribution in [0.2, 0.25) is 5.15 Å². The molecule has 0 fully saturated rings. The van der Waals surface area contributed by atoms with Gasteiger partial charge in [-0.1, -0.05) is 23.7 Å². The number of methoxy groups -OCH3 is 1. The number of nitrogens with zero attached hydrogens (tertiary/aromatic N) is 2. The van der Waals surface area contributed by atoms with Crippen molar-refractivity contribution < 1.29 is 9.13 Å². The Morgan fingerprint density at radius 3 is 2.71 bits per heavy atom. The molecule has 0 N–H and O–H groups in total. The molecule has 0 unspecified atom stereocenters. The van der Waals surface area contributed by atoms with E-state index in [1.165, 1.54) is 12.1 Å². The van der Waals surface area contributed by atoms with Gasteiger partial charge in [-0.05, 0) is 40.2 Å². The van der Waals surface area contributed by atoms with Crippen LogP contribution in [0.15, 0.2) is 40.9 Å². The van der Waals surface area contributed by atoms with Crippen molar-refractivity contribution in [2.75, 3.05) is 7.11 Å². The summed E-state index contributed by atoms with van der Waals surface area (Å²) in [5, 5.41) is 0.946. The minimum atomic E-state index is -0.353. The van der Waals surface area contributed by atoms with Crippen molar-refractivity contribution in [1.29, 1.82) is 0 Å². The third kappa shape index (κ3) is 2.59. The molecule has 1 aromatic heterocycles. The highest BCUT2D eigenvalue weighted by atomic mass is 79.9. The van der Waals surface area contributed by atoms with Gasteiger partial charge in [-0.15, -0.1) is 0 Å². The molecule has 6 heteroatoms. The van der Waals surface area contributed by atoms with Gasteiger partial charge in [0, 0.05) is 10.0 Å². The SMILES string of the molecule is COc1ccc(Br)c2c(Cl)nc(-c3cccc(F)c3)nc12. The van der Waals surface area contributed by atoms with E-state index in [9.17, 15) is 4.39 Å². The van der Waals surface area contributed by atoms with Crippen molar-refractivity contribution >= 4 is 38.4 Å². The highest BCUT2D eigenvalue weighted by Gasteiger charge is 2.14. The fourth-order valence-corrected chi connectivity index (χ4v) is 2.95. The minimum Gasteiger partial charge on any atom is -0.494 e. The summed E-state index contributed by atoms with van der Waals surface area (Å²) in [5.74, 6) is 0.576. The lowest BCUT2D eigenvalue weighted by Gasteiger charge is -2.09. The number of fused-ring (bicyclic) bond motifs is 1. The van der Waals surface area contributed by atoms with E-state index in [-0.39, 0.29) is 11.0 Å². The summed E-state index contributed by atoms with van der Waals surface area (Å²) in [4.78, 5) is 8.71. The molecule has 0 aliphatic rings. The van der Waals surface area contributed by atoms with Crippen molar-refractivity contribution in [3.8, 4) is 17.1 Å². The average Bonchev–Trinajstić information content (AvgIpc) is 2.47. The predicted octanol–water partition coefficient (Wildman–Crippen LogP) is 4.86. The number of aromatic nitrogens is 2. The molecule has 21 heavy (non-hydrogen) atoms. The van der Waals surface area contributed by atoms with Crippen molar-refractivity contribution in [3.05, 3.63) is 51.8 Å². The summed E-state index contributed by atoms with van der Waals surface area (Å²) in [6.07, 6.45) is 0. The molecule has 1 heterocycles. The maximum absolute atomic E-state index is 13.4. The molecule has 0 radical (unpaired) electrons. The molecule has 0 atom stereocenters. The van der Waals surface area contributed by atoms with Crippen LogP contribution >= 0.6 is 27.5 Å². The van der Waals surface area contributed by atoms with Crippen LogP contribution in [0.3, 0.4) is 0 Å². The van der Waals surface area contributed by atoms with E-state index in [1.54, 1.807) is 25.3 Å². The lowest BCUT2D eigenvalue weighted by atomic mass is 10.2. The zero-order chi connectivity index (χ0) is 15.0. The van der Waals surface area contributed by atoms with Crippen LogP contribution in [0.4, 0.5) is 4.39 Å². The quantitative estimate of drug-likeness (QED) is 0.607. The average molecular weight is 368 g/mol. The molecular weight excluding hydrogens is 359 g/mol. The van der Waals surface area contributed by atoms with Crippen LogP contribution in [0.5, 0.6) is 5.75 Å². The molecule has 3 nitrogen and oxygen atoms in total. The Bertz CT molecular complexity index is 841. The maximum atomic E-state index is 13.4. The normalized spacial score (nSPS) is 10.9. The van der Waals surface area contributed by atoms with Crippen LogP contribution in [0, 0.1) is 5.82 Å². The van der Waals surface area contributed by atoms with Gasteiger partial charge < -0.3 is 4.74 Å². The first-order chi connectivity index (χ1) is 10.1. The molecule has 0 saturated carbocycles. The van der Waals surface area contributed by atoms with Crippen molar-refractivity contribution in [2.45, 2.75) is 0 Å². The maximum Gasteiger partial charge on any atom is 0.161 e. The number of rotatable bonds is 2. The molecular formula is C15H9BrClFN2O. The van der Waals surface area contributed by atoms with E-state index >= 15 is 0 Å². The molecule has 3 aromatic rings. The first-order valence-corrected chi connectivity index (χ1v) is 7.23. The van der Waals surface area contributed by atoms with Crippen LogP contribution in [-0.2, 0) is 0 Å². The second kappa shape index (κ2) is 5.58. The van der Waals surface area contributed by atoms with Crippen LogP contribution < -0.4 is 4.74 Å². The summed E-state index contributed by atoms with van der Waals surface area (Å²) in [6.45, 7) is 0. The topological polar surface area (TPSA) is 35.0 Å². The van der Waals surface area contributed by atoms with E-state index in [0.717, 1.165) is 4.47 Å². The molecule has 0 aliphatic carbocycles. The van der Waals surface area contributed by atoms with Gasteiger partial charge in [-0.3, -0.25) is 0 Å². The van der Waals surface area contributed by atoms with E-state index in [0.29, 0.717) is 28.0 Å². The second-order valence-corrected chi connectivity index (χ2v) is 5.53. The molecule has 0 saturated heterocycles. The van der Waals surface area contributed by atoms with Gasteiger partial charge in [0.2, 0.25) is 0 Å². The number of hydrogen-bond acceptors (Lipinski definition) is 3. The first kappa shape index (κ1) is 14.2. The first-order valence-electron chi connectivity index (χ1n) is 6.06. The second-order valence-electron chi connectivity index (χ2n) is 4.32. The third-order valence-electron chi connectivity index (χ3n) is 3.02. The Balaban J connectivity index is 2.32.